The first-order valence-corrected chi connectivity index (χ1v) is 9.80. The maximum Gasteiger partial charge on any atom is 0.300 e. The van der Waals surface area contributed by atoms with Crippen LogP contribution in [0.25, 0.3) is 21.9 Å². The summed E-state index contributed by atoms with van der Waals surface area (Å²) in [4.78, 5) is 8.36. The molecule has 2 heterocycles. The van der Waals surface area contributed by atoms with Crippen molar-refractivity contribution in [2.75, 3.05) is 10.5 Å². The second kappa shape index (κ2) is 6.22. The molecular weight excluding hydrogens is 350 g/mol. The van der Waals surface area contributed by atoms with E-state index in [0.29, 0.717) is 5.69 Å². The van der Waals surface area contributed by atoms with Crippen molar-refractivity contribution in [1.29, 1.82) is 0 Å². The number of aryl methyl sites for hydroxylation is 1. The molecule has 0 saturated heterocycles. The lowest BCUT2D eigenvalue weighted by Crippen LogP contribution is -2.32. The van der Waals surface area contributed by atoms with Crippen LogP contribution in [0, 0.1) is 6.92 Å². The Morgan fingerprint density at radius 3 is 2.73 bits per heavy atom. The molecule has 0 bridgehead atoms. The average Bonchev–Trinajstić information content (AvgIpc) is 3.37. The SMILES string of the molecule is Cc1ccncc1-c1cc(N)c2cnc(NS(=O)(=O)NC3CC3)cc2c1. The number of hydrogen-bond donors (Lipinski definition) is 3. The number of pyridine rings is 2. The van der Waals surface area contributed by atoms with Gasteiger partial charge in [0.1, 0.15) is 5.82 Å². The Kier molecular flexibility index (Phi) is 4.01. The zero-order valence-corrected chi connectivity index (χ0v) is 15.0. The number of fused-ring (bicyclic) bond motifs is 1. The Bertz CT molecular complexity index is 1090. The molecular formula is C18H19N5O2S. The van der Waals surface area contributed by atoms with Gasteiger partial charge < -0.3 is 5.73 Å². The summed E-state index contributed by atoms with van der Waals surface area (Å²) in [5, 5.41) is 1.58. The molecule has 1 aromatic carbocycles. The standard InChI is InChI=1S/C18H19N5O2S/c1-11-4-5-20-9-15(11)12-6-13-8-18(21-10-16(13)17(19)7-12)23-26(24,25)22-14-2-3-14/h4-10,14,22H,2-3,19H2,1H3,(H,21,23). The van der Waals surface area contributed by atoms with Crippen molar-refractivity contribution in [2.45, 2.75) is 25.8 Å². The number of rotatable bonds is 5. The Hall–Kier alpha value is -2.71. The van der Waals surface area contributed by atoms with Gasteiger partial charge in [-0.05, 0) is 60.5 Å². The maximum absolute atomic E-state index is 12.1. The molecule has 0 unspecified atom stereocenters. The summed E-state index contributed by atoms with van der Waals surface area (Å²) in [5.74, 6) is 0.255. The number of nitrogens with two attached hydrogens (primary N) is 1. The predicted molar refractivity (Wildman–Crippen MR) is 103 cm³/mol. The lowest BCUT2D eigenvalue weighted by Gasteiger charge is -2.11. The molecule has 0 atom stereocenters. The van der Waals surface area contributed by atoms with Crippen LogP contribution >= 0.6 is 0 Å². The van der Waals surface area contributed by atoms with E-state index in [9.17, 15) is 8.42 Å². The summed E-state index contributed by atoms with van der Waals surface area (Å²) in [6, 6.07) is 7.50. The van der Waals surface area contributed by atoms with Crippen molar-refractivity contribution in [3.05, 3.63) is 48.4 Å². The Morgan fingerprint density at radius 2 is 2.00 bits per heavy atom. The second-order valence-corrected chi connectivity index (χ2v) is 7.99. The van der Waals surface area contributed by atoms with Crippen LogP contribution in [0.4, 0.5) is 11.5 Å². The molecule has 1 aliphatic carbocycles. The normalized spacial score (nSPS) is 14.5. The fraction of sp³-hybridized carbons (Fsp3) is 0.222. The number of anilines is 2. The molecule has 2 aromatic heterocycles. The van der Waals surface area contributed by atoms with Crippen molar-refractivity contribution < 1.29 is 8.42 Å². The molecule has 7 nitrogen and oxygen atoms in total. The van der Waals surface area contributed by atoms with Gasteiger partial charge in [-0.25, -0.2) is 4.98 Å². The number of nitrogens with zero attached hydrogens (tertiary/aromatic N) is 2. The first kappa shape index (κ1) is 16.7. The first-order chi connectivity index (χ1) is 12.4. The molecule has 134 valence electrons. The van der Waals surface area contributed by atoms with Crippen LogP contribution in [-0.2, 0) is 10.2 Å². The van der Waals surface area contributed by atoms with Gasteiger partial charge in [-0.3, -0.25) is 9.71 Å². The molecule has 0 amide bonds. The van der Waals surface area contributed by atoms with Gasteiger partial charge in [-0.2, -0.15) is 13.1 Å². The predicted octanol–water partition coefficient (Wildman–Crippen LogP) is 2.60. The maximum atomic E-state index is 12.1. The van der Waals surface area contributed by atoms with E-state index < -0.39 is 10.2 Å². The van der Waals surface area contributed by atoms with E-state index >= 15 is 0 Å². The molecule has 0 aliphatic heterocycles. The third-order valence-electron chi connectivity index (χ3n) is 4.36. The molecule has 0 radical (unpaired) electrons. The smallest absolute Gasteiger partial charge is 0.300 e. The highest BCUT2D eigenvalue weighted by atomic mass is 32.2. The Balaban J connectivity index is 1.73. The summed E-state index contributed by atoms with van der Waals surface area (Å²) in [5.41, 5.74) is 9.76. The van der Waals surface area contributed by atoms with Crippen molar-refractivity contribution in [1.82, 2.24) is 14.7 Å². The van der Waals surface area contributed by atoms with E-state index in [0.717, 1.165) is 40.3 Å². The molecule has 4 N–H and O–H groups in total. The fourth-order valence-corrected chi connectivity index (χ4v) is 3.97. The zero-order valence-electron chi connectivity index (χ0n) is 14.2. The second-order valence-electron chi connectivity index (χ2n) is 6.54. The average molecular weight is 369 g/mol. The number of benzene rings is 1. The highest BCUT2D eigenvalue weighted by molar-refractivity contribution is 7.90. The van der Waals surface area contributed by atoms with Gasteiger partial charge in [0.2, 0.25) is 0 Å². The lowest BCUT2D eigenvalue weighted by atomic mass is 9.99. The van der Waals surface area contributed by atoms with Gasteiger partial charge in [0.05, 0.1) is 0 Å². The molecule has 1 fully saturated rings. The fourth-order valence-electron chi connectivity index (χ4n) is 2.85. The van der Waals surface area contributed by atoms with Crippen LogP contribution < -0.4 is 15.2 Å². The van der Waals surface area contributed by atoms with Gasteiger partial charge in [-0.15, -0.1) is 0 Å². The molecule has 8 heteroatoms. The van der Waals surface area contributed by atoms with Gasteiger partial charge in [0.25, 0.3) is 0 Å². The summed E-state index contributed by atoms with van der Waals surface area (Å²) >= 11 is 0. The topological polar surface area (TPSA) is 110 Å². The number of nitrogens with one attached hydrogen (secondary N) is 2. The van der Waals surface area contributed by atoms with E-state index in [1.165, 1.54) is 0 Å². The number of hydrogen-bond acceptors (Lipinski definition) is 5. The summed E-state index contributed by atoms with van der Waals surface area (Å²) < 4.78 is 29.2. The zero-order chi connectivity index (χ0) is 18.3. The molecule has 1 aliphatic rings. The largest absolute Gasteiger partial charge is 0.398 e. The third-order valence-corrected chi connectivity index (χ3v) is 5.48. The van der Waals surface area contributed by atoms with E-state index in [1.54, 1.807) is 24.7 Å². The van der Waals surface area contributed by atoms with E-state index in [-0.39, 0.29) is 11.9 Å². The van der Waals surface area contributed by atoms with Crippen LogP contribution in [0.3, 0.4) is 0 Å². The molecule has 26 heavy (non-hydrogen) atoms. The summed E-state index contributed by atoms with van der Waals surface area (Å²) in [6.45, 7) is 2.01. The summed E-state index contributed by atoms with van der Waals surface area (Å²) in [6.07, 6.45) is 6.86. The van der Waals surface area contributed by atoms with Gasteiger partial charge >= 0.3 is 10.2 Å². The van der Waals surface area contributed by atoms with Crippen LogP contribution in [0.1, 0.15) is 18.4 Å². The van der Waals surface area contributed by atoms with Crippen molar-refractivity contribution in [3.8, 4) is 11.1 Å². The molecule has 4 rings (SSSR count). The van der Waals surface area contributed by atoms with Gasteiger partial charge in [0.15, 0.2) is 0 Å². The minimum absolute atomic E-state index is 0.0313. The van der Waals surface area contributed by atoms with Crippen LogP contribution in [0.2, 0.25) is 0 Å². The third kappa shape index (κ3) is 3.47. The highest BCUT2D eigenvalue weighted by Gasteiger charge is 2.27. The van der Waals surface area contributed by atoms with Crippen LogP contribution in [0.5, 0.6) is 0 Å². The summed E-state index contributed by atoms with van der Waals surface area (Å²) in [7, 11) is -3.62. The molecule has 1 saturated carbocycles. The number of nitrogen functional groups attached to an aromatic ring is 1. The van der Waals surface area contributed by atoms with Gasteiger partial charge in [-0.1, -0.05) is 0 Å². The number of aromatic nitrogens is 2. The van der Waals surface area contributed by atoms with Crippen LogP contribution in [-0.4, -0.2) is 24.4 Å². The van der Waals surface area contributed by atoms with Crippen LogP contribution in [0.15, 0.2) is 42.9 Å². The molecule has 3 aromatic rings. The lowest BCUT2D eigenvalue weighted by molar-refractivity contribution is 0.586. The van der Waals surface area contributed by atoms with E-state index in [2.05, 4.69) is 19.4 Å². The minimum Gasteiger partial charge on any atom is -0.398 e. The van der Waals surface area contributed by atoms with Crippen molar-refractivity contribution in [3.63, 3.8) is 0 Å². The highest BCUT2D eigenvalue weighted by Crippen LogP contribution is 2.31. The van der Waals surface area contributed by atoms with E-state index in [4.69, 9.17) is 5.73 Å². The van der Waals surface area contributed by atoms with Crippen molar-refractivity contribution >= 4 is 32.5 Å². The van der Waals surface area contributed by atoms with Gasteiger partial charge in [0, 0.05) is 41.3 Å². The minimum atomic E-state index is -3.62. The Labute approximate surface area is 151 Å². The van der Waals surface area contributed by atoms with Crippen molar-refractivity contribution in [2.24, 2.45) is 0 Å². The first-order valence-electron chi connectivity index (χ1n) is 8.32. The monoisotopic (exact) mass is 369 g/mol. The van der Waals surface area contributed by atoms with E-state index in [1.807, 2.05) is 25.1 Å². The quantitative estimate of drug-likeness (QED) is 0.599. The Morgan fingerprint density at radius 1 is 1.19 bits per heavy atom. The molecule has 0 spiro atoms.